The molecule has 0 radical (unpaired) electrons. The Morgan fingerprint density at radius 2 is 1.54 bits per heavy atom. The van der Waals surface area contributed by atoms with E-state index in [-0.39, 0.29) is 6.61 Å². The topological polar surface area (TPSA) is 98.8 Å². The predicted molar refractivity (Wildman–Crippen MR) is 106 cm³/mol. The zero-order valence-corrected chi connectivity index (χ0v) is 17.1. The average Bonchev–Trinajstić information content (AvgIpc) is 2.58. The van der Waals surface area contributed by atoms with E-state index in [1.807, 2.05) is 32.9 Å². The van der Waals surface area contributed by atoms with Crippen molar-refractivity contribution < 1.29 is 27.5 Å². The fourth-order valence-electron chi connectivity index (χ4n) is 2.73. The van der Waals surface area contributed by atoms with Gasteiger partial charge in [-0.05, 0) is 56.2 Å². The maximum atomic E-state index is 12.1. The van der Waals surface area contributed by atoms with Gasteiger partial charge in [-0.25, -0.2) is 13.2 Å². The van der Waals surface area contributed by atoms with Crippen LogP contribution in [-0.4, -0.2) is 39.6 Å². The molecule has 2 rings (SSSR count). The molecule has 0 saturated heterocycles. The fraction of sp³-hybridized carbons (Fsp3) is 0.300. The minimum Gasteiger partial charge on any atom is -0.481 e. The first-order valence-electron chi connectivity index (χ1n) is 8.52. The van der Waals surface area contributed by atoms with E-state index < -0.39 is 28.4 Å². The molecule has 2 aromatic rings. The minimum absolute atomic E-state index is 0.296. The number of aryl methyl sites for hydroxylation is 3. The number of esters is 1. The average molecular weight is 405 g/mol. The Labute approximate surface area is 164 Å². The van der Waals surface area contributed by atoms with Crippen molar-refractivity contribution in [2.75, 3.05) is 24.2 Å². The van der Waals surface area contributed by atoms with Crippen LogP contribution in [0.3, 0.4) is 0 Å². The lowest BCUT2D eigenvalue weighted by molar-refractivity contribution is -0.144. The first-order chi connectivity index (χ1) is 13.0. The van der Waals surface area contributed by atoms with Gasteiger partial charge in [0.2, 0.25) is 10.0 Å². The Morgan fingerprint density at radius 3 is 2.07 bits per heavy atom. The van der Waals surface area contributed by atoms with Crippen molar-refractivity contribution in [3.8, 4) is 5.75 Å². The summed E-state index contributed by atoms with van der Waals surface area (Å²) in [6.07, 6.45) is 1.03. The number of carbonyl (C=O) groups excluding carboxylic acids is 2. The van der Waals surface area contributed by atoms with E-state index >= 15 is 0 Å². The van der Waals surface area contributed by atoms with E-state index in [9.17, 15) is 18.0 Å². The van der Waals surface area contributed by atoms with Crippen LogP contribution >= 0.6 is 0 Å². The zero-order chi connectivity index (χ0) is 20.9. The van der Waals surface area contributed by atoms with Crippen molar-refractivity contribution in [3.63, 3.8) is 0 Å². The highest BCUT2D eigenvalue weighted by Crippen LogP contribution is 2.24. The molecule has 1 N–H and O–H groups in total. The lowest BCUT2D eigenvalue weighted by atomic mass is 10.1. The molecule has 150 valence electrons. The molecule has 0 atom stereocenters. The molecule has 0 spiro atoms. The van der Waals surface area contributed by atoms with E-state index in [4.69, 9.17) is 9.47 Å². The quantitative estimate of drug-likeness (QED) is 0.536. The van der Waals surface area contributed by atoms with Gasteiger partial charge in [0.1, 0.15) is 5.75 Å². The van der Waals surface area contributed by atoms with Crippen molar-refractivity contribution in [2.24, 2.45) is 0 Å². The molecule has 0 aliphatic heterocycles. The molecule has 28 heavy (non-hydrogen) atoms. The summed E-state index contributed by atoms with van der Waals surface area (Å²) >= 11 is 0. The normalized spacial score (nSPS) is 11.0. The molecule has 0 fully saturated rings. The van der Waals surface area contributed by atoms with Gasteiger partial charge in [-0.3, -0.25) is 9.52 Å². The maximum Gasteiger partial charge on any atom is 0.344 e. The van der Waals surface area contributed by atoms with Gasteiger partial charge in [-0.1, -0.05) is 17.7 Å². The molecule has 0 unspecified atom stereocenters. The molecule has 0 aliphatic rings. The number of sulfonamides is 1. The van der Waals surface area contributed by atoms with Crippen LogP contribution in [0.25, 0.3) is 0 Å². The third-order valence-electron chi connectivity index (χ3n) is 3.81. The number of Topliss-reactive ketones (excluding diaryl/α,β-unsaturated/α-hetero) is 1. The Kier molecular flexibility index (Phi) is 6.80. The number of nitrogens with one attached hydrogen (secondary N) is 1. The van der Waals surface area contributed by atoms with Crippen molar-refractivity contribution in [2.45, 2.75) is 20.8 Å². The number of anilines is 1. The van der Waals surface area contributed by atoms with E-state index in [2.05, 4.69) is 4.72 Å². The van der Waals surface area contributed by atoms with Crippen LogP contribution in [0, 0.1) is 20.8 Å². The summed E-state index contributed by atoms with van der Waals surface area (Å²) < 4.78 is 35.1. The molecule has 0 aliphatic carbocycles. The van der Waals surface area contributed by atoms with Crippen molar-refractivity contribution in [3.05, 3.63) is 58.7 Å². The van der Waals surface area contributed by atoms with Crippen molar-refractivity contribution in [1.82, 2.24) is 0 Å². The second-order valence-electron chi connectivity index (χ2n) is 6.55. The van der Waals surface area contributed by atoms with Crippen LogP contribution < -0.4 is 9.46 Å². The van der Waals surface area contributed by atoms with Gasteiger partial charge in [0.25, 0.3) is 0 Å². The van der Waals surface area contributed by atoms with Gasteiger partial charge >= 0.3 is 5.97 Å². The van der Waals surface area contributed by atoms with Crippen LogP contribution in [-0.2, 0) is 19.6 Å². The monoisotopic (exact) mass is 405 g/mol. The van der Waals surface area contributed by atoms with E-state index in [1.165, 1.54) is 24.3 Å². The molecular formula is C20H23NO6S. The van der Waals surface area contributed by atoms with Gasteiger partial charge in [0, 0.05) is 11.3 Å². The van der Waals surface area contributed by atoms with Crippen LogP contribution in [0.15, 0.2) is 36.4 Å². The maximum absolute atomic E-state index is 12.1. The summed E-state index contributed by atoms with van der Waals surface area (Å²) in [6.45, 7) is 5.05. The summed E-state index contributed by atoms with van der Waals surface area (Å²) in [6, 6.07) is 9.75. The first-order valence-corrected chi connectivity index (χ1v) is 10.4. The van der Waals surface area contributed by atoms with Crippen LogP contribution in [0.2, 0.25) is 0 Å². The molecule has 0 bridgehead atoms. The molecule has 0 heterocycles. The number of benzene rings is 2. The van der Waals surface area contributed by atoms with Gasteiger partial charge in [0.05, 0.1) is 6.26 Å². The smallest absolute Gasteiger partial charge is 0.344 e. The fourth-order valence-corrected chi connectivity index (χ4v) is 3.30. The Bertz CT molecular complexity index is 957. The van der Waals surface area contributed by atoms with E-state index in [0.29, 0.717) is 17.0 Å². The van der Waals surface area contributed by atoms with Crippen LogP contribution in [0.5, 0.6) is 5.75 Å². The lowest BCUT2D eigenvalue weighted by Crippen LogP contribution is -2.20. The lowest BCUT2D eigenvalue weighted by Gasteiger charge is -2.12. The molecule has 0 saturated carbocycles. The largest absolute Gasteiger partial charge is 0.481 e. The summed E-state index contributed by atoms with van der Waals surface area (Å²) in [4.78, 5) is 24.0. The van der Waals surface area contributed by atoms with Gasteiger partial charge in [-0.2, -0.15) is 0 Å². The first kappa shape index (κ1) is 21.4. The summed E-state index contributed by atoms with van der Waals surface area (Å²) in [7, 11) is -3.39. The predicted octanol–water partition coefficient (Wildman–Crippen LogP) is 2.79. The summed E-state index contributed by atoms with van der Waals surface area (Å²) in [5.74, 6) is -0.423. The third-order valence-corrected chi connectivity index (χ3v) is 4.42. The van der Waals surface area contributed by atoms with Gasteiger partial charge < -0.3 is 9.47 Å². The molecule has 2 aromatic carbocycles. The molecular weight excluding hydrogens is 382 g/mol. The minimum atomic E-state index is -3.39. The SMILES string of the molecule is Cc1cc(C)c(OCC(=O)OCC(=O)c2ccc(NS(C)(=O)=O)cc2)c(C)c1. The number of rotatable bonds is 8. The van der Waals surface area contributed by atoms with Crippen LogP contribution in [0.1, 0.15) is 27.0 Å². The number of ketones is 1. The number of hydrogen-bond donors (Lipinski definition) is 1. The number of ether oxygens (including phenoxy) is 2. The second kappa shape index (κ2) is 8.88. The Morgan fingerprint density at radius 1 is 0.964 bits per heavy atom. The highest BCUT2D eigenvalue weighted by atomic mass is 32.2. The molecule has 7 nitrogen and oxygen atoms in total. The second-order valence-corrected chi connectivity index (χ2v) is 8.30. The highest BCUT2D eigenvalue weighted by molar-refractivity contribution is 7.92. The summed E-state index contributed by atoms with van der Waals surface area (Å²) in [5.41, 5.74) is 3.59. The standard InChI is InChI=1S/C20H23NO6S/c1-13-9-14(2)20(15(3)10-13)27-12-19(23)26-11-18(22)16-5-7-17(8-6-16)21-28(4,24)25/h5-10,21H,11-12H2,1-4H3. The molecule has 0 aromatic heterocycles. The highest BCUT2D eigenvalue weighted by Gasteiger charge is 2.13. The zero-order valence-electron chi connectivity index (χ0n) is 16.2. The van der Waals surface area contributed by atoms with Crippen molar-refractivity contribution >= 4 is 27.5 Å². The number of carbonyl (C=O) groups is 2. The summed E-state index contributed by atoms with van der Waals surface area (Å²) in [5, 5.41) is 0. The van der Waals surface area contributed by atoms with Gasteiger partial charge in [-0.15, -0.1) is 0 Å². The van der Waals surface area contributed by atoms with Crippen molar-refractivity contribution in [1.29, 1.82) is 0 Å². The Balaban J connectivity index is 1.86. The van der Waals surface area contributed by atoms with E-state index in [1.54, 1.807) is 0 Å². The molecule has 8 heteroatoms. The van der Waals surface area contributed by atoms with E-state index in [0.717, 1.165) is 22.9 Å². The Hall–Kier alpha value is -2.87. The van der Waals surface area contributed by atoms with Crippen LogP contribution in [0.4, 0.5) is 5.69 Å². The van der Waals surface area contributed by atoms with Gasteiger partial charge in [0.15, 0.2) is 19.0 Å². The molecule has 0 amide bonds. The third kappa shape index (κ3) is 6.38. The number of hydrogen-bond acceptors (Lipinski definition) is 6.